The third-order valence-corrected chi connectivity index (χ3v) is 5.38. The molecule has 0 atom stereocenters. The highest BCUT2D eigenvalue weighted by molar-refractivity contribution is 7.97. The average molecular weight is 350 g/mol. The van der Waals surface area contributed by atoms with Gasteiger partial charge in [-0.3, -0.25) is 9.59 Å². The largest absolute Gasteiger partial charge is 0.741 e. The van der Waals surface area contributed by atoms with Crippen LogP contribution in [-0.2, 0) is 30.6 Å². The van der Waals surface area contributed by atoms with Crippen LogP contribution in [0.3, 0.4) is 0 Å². The minimum atomic E-state index is -6.09. The van der Waals surface area contributed by atoms with Crippen LogP contribution in [-0.4, -0.2) is 47.3 Å². The SMILES string of the molecule is CCCC(=O)C[S+]1CCC(=O)CC1.O=S(=O)([O-])C(F)(F)F. The lowest BCUT2D eigenvalue weighted by molar-refractivity contribution is -0.119. The Labute approximate surface area is 124 Å². The van der Waals surface area contributed by atoms with Crippen LogP contribution >= 0.6 is 0 Å². The number of hydrogen-bond acceptors (Lipinski definition) is 5. The second-order valence-electron chi connectivity index (χ2n) is 4.39. The molecule has 0 bridgehead atoms. The van der Waals surface area contributed by atoms with E-state index in [9.17, 15) is 22.8 Å². The summed E-state index contributed by atoms with van der Waals surface area (Å²) in [6.45, 7) is 2.03. The molecule has 5 nitrogen and oxygen atoms in total. The van der Waals surface area contributed by atoms with Gasteiger partial charge in [0.15, 0.2) is 21.7 Å². The zero-order valence-electron chi connectivity index (χ0n) is 11.4. The topological polar surface area (TPSA) is 91.3 Å². The van der Waals surface area contributed by atoms with Crippen molar-refractivity contribution in [3.05, 3.63) is 0 Å². The minimum absolute atomic E-state index is 0.233. The number of rotatable bonds is 4. The van der Waals surface area contributed by atoms with Crippen molar-refractivity contribution in [2.45, 2.75) is 38.1 Å². The fourth-order valence-electron chi connectivity index (χ4n) is 1.47. The molecule has 0 radical (unpaired) electrons. The maximum Gasteiger partial charge on any atom is 0.485 e. The molecule has 10 heteroatoms. The van der Waals surface area contributed by atoms with E-state index >= 15 is 0 Å². The first-order valence-corrected chi connectivity index (χ1v) is 9.31. The smallest absolute Gasteiger partial charge is 0.485 e. The summed E-state index contributed by atoms with van der Waals surface area (Å²) in [6, 6.07) is 0. The summed E-state index contributed by atoms with van der Waals surface area (Å²) < 4.78 is 58.9. The lowest BCUT2D eigenvalue weighted by Gasteiger charge is -2.11. The predicted molar refractivity (Wildman–Crippen MR) is 71.9 cm³/mol. The number of carbonyl (C=O) groups is 2. The molecule has 1 saturated heterocycles. The standard InChI is InChI=1S/C10H17O2S.CHF3O3S/c1-2-3-10(12)8-13-6-4-9(11)5-7-13;2-1(3,4)8(5,6)7/h2-8H2,1H3;(H,5,6,7)/q+1;/p-1. The Kier molecular flexibility index (Phi) is 8.49. The Bertz CT molecular complexity index is 449. The fraction of sp³-hybridized carbons (Fsp3) is 0.818. The second-order valence-corrected chi connectivity index (χ2v) is 8.09. The average Bonchev–Trinajstić information content (AvgIpc) is 2.30. The quantitative estimate of drug-likeness (QED) is 0.434. The molecule has 0 amide bonds. The van der Waals surface area contributed by atoms with Crippen molar-refractivity contribution < 1.29 is 35.7 Å². The van der Waals surface area contributed by atoms with E-state index in [0.717, 1.165) is 30.1 Å². The van der Waals surface area contributed by atoms with Gasteiger partial charge in [0.25, 0.3) is 0 Å². The van der Waals surface area contributed by atoms with E-state index < -0.39 is 15.6 Å². The van der Waals surface area contributed by atoms with Gasteiger partial charge >= 0.3 is 5.51 Å². The molecule has 124 valence electrons. The van der Waals surface area contributed by atoms with Crippen molar-refractivity contribution in [2.75, 3.05) is 17.3 Å². The van der Waals surface area contributed by atoms with Crippen molar-refractivity contribution >= 4 is 32.6 Å². The lowest BCUT2D eigenvalue weighted by atomic mass is 10.2. The molecule has 0 aromatic heterocycles. The van der Waals surface area contributed by atoms with Crippen LogP contribution in [0, 0.1) is 0 Å². The van der Waals surface area contributed by atoms with Crippen molar-refractivity contribution in [3.8, 4) is 0 Å². The Balaban J connectivity index is 0.000000433. The van der Waals surface area contributed by atoms with E-state index in [1.807, 2.05) is 6.92 Å². The van der Waals surface area contributed by atoms with Gasteiger partial charge in [0.2, 0.25) is 0 Å². The molecule has 0 aromatic carbocycles. The first-order valence-electron chi connectivity index (χ1n) is 6.17. The number of carbonyl (C=O) groups excluding carboxylic acids is 2. The maximum atomic E-state index is 11.3. The van der Waals surface area contributed by atoms with E-state index in [2.05, 4.69) is 0 Å². The van der Waals surface area contributed by atoms with Crippen LogP contribution in [0.5, 0.6) is 0 Å². The van der Waals surface area contributed by atoms with Gasteiger partial charge < -0.3 is 4.55 Å². The Morgan fingerprint density at radius 3 is 2.05 bits per heavy atom. The molecule has 0 N–H and O–H groups in total. The van der Waals surface area contributed by atoms with Crippen molar-refractivity contribution in [3.63, 3.8) is 0 Å². The summed E-state index contributed by atoms with van der Waals surface area (Å²) in [5.41, 5.74) is -5.65. The molecular formula is C11H17F3O5S2. The normalized spacial score (nSPS) is 17.1. The highest BCUT2D eigenvalue weighted by Gasteiger charge is 2.36. The van der Waals surface area contributed by atoms with Crippen molar-refractivity contribution in [1.29, 1.82) is 0 Å². The first kappa shape index (κ1) is 20.4. The zero-order valence-corrected chi connectivity index (χ0v) is 13.1. The number of halogens is 3. The Morgan fingerprint density at radius 2 is 1.71 bits per heavy atom. The van der Waals surface area contributed by atoms with Gasteiger partial charge in [-0.05, 0) is 17.3 Å². The van der Waals surface area contributed by atoms with Crippen molar-refractivity contribution in [1.82, 2.24) is 0 Å². The third-order valence-electron chi connectivity index (χ3n) is 2.52. The van der Waals surface area contributed by atoms with Gasteiger partial charge in [-0.25, -0.2) is 8.42 Å². The summed E-state index contributed by atoms with van der Waals surface area (Å²) in [7, 11) is -5.86. The summed E-state index contributed by atoms with van der Waals surface area (Å²) in [6.07, 6.45) is 3.09. The molecule has 21 heavy (non-hydrogen) atoms. The van der Waals surface area contributed by atoms with Crippen LogP contribution in [0.4, 0.5) is 13.2 Å². The monoisotopic (exact) mass is 350 g/mol. The van der Waals surface area contributed by atoms with Gasteiger partial charge in [-0.15, -0.1) is 0 Å². The van der Waals surface area contributed by atoms with Gasteiger partial charge in [-0.1, -0.05) is 6.92 Å². The fourth-order valence-corrected chi connectivity index (χ4v) is 3.59. The molecule has 1 aliphatic rings. The Hall–Kier alpha value is -0.610. The van der Waals surface area contributed by atoms with Crippen molar-refractivity contribution in [2.24, 2.45) is 0 Å². The van der Waals surface area contributed by atoms with Crippen LogP contribution in [0.2, 0.25) is 0 Å². The van der Waals surface area contributed by atoms with Crippen LogP contribution in [0.15, 0.2) is 0 Å². The van der Waals surface area contributed by atoms with E-state index in [1.54, 1.807) is 0 Å². The van der Waals surface area contributed by atoms with Crippen LogP contribution < -0.4 is 0 Å². The minimum Gasteiger partial charge on any atom is -0.741 e. The second kappa shape index (κ2) is 8.74. The third kappa shape index (κ3) is 9.10. The molecule has 0 unspecified atom stereocenters. The number of ketones is 2. The van der Waals surface area contributed by atoms with E-state index in [1.165, 1.54) is 0 Å². The summed E-state index contributed by atoms with van der Waals surface area (Å²) in [4.78, 5) is 22.3. The summed E-state index contributed by atoms with van der Waals surface area (Å²) >= 11 is 0. The van der Waals surface area contributed by atoms with Gasteiger partial charge in [0, 0.05) is 6.42 Å². The van der Waals surface area contributed by atoms with Gasteiger partial charge in [-0.2, -0.15) is 13.2 Å². The molecule has 0 aromatic rings. The molecule has 1 rings (SSSR count). The predicted octanol–water partition coefficient (Wildman–Crippen LogP) is 1.39. The maximum absolute atomic E-state index is 11.3. The van der Waals surface area contributed by atoms with Gasteiger partial charge in [0.1, 0.15) is 17.3 Å². The molecule has 1 aliphatic heterocycles. The summed E-state index contributed by atoms with van der Waals surface area (Å²) in [5.74, 6) is 3.44. The molecule has 1 fully saturated rings. The van der Waals surface area contributed by atoms with Crippen LogP contribution in [0.1, 0.15) is 32.6 Å². The van der Waals surface area contributed by atoms with E-state index in [-0.39, 0.29) is 10.9 Å². The molecule has 1 heterocycles. The molecular weight excluding hydrogens is 333 g/mol. The number of alkyl halides is 3. The van der Waals surface area contributed by atoms with Crippen LogP contribution in [0.25, 0.3) is 0 Å². The zero-order chi connectivity index (χ0) is 16.7. The number of Topliss-reactive ketones (excluding diaryl/α,β-unsaturated/α-hetero) is 2. The highest BCUT2D eigenvalue weighted by atomic mass is 32.2. The highest BCUT2D eigenvalue weighted by Crippen LogP contribution is 2.20. The first-order chi connectivity index (χ1) is 9.47. The summed E-state index contributed by atoms with van der Waals surface area (Å²) in [5, 5.41) is 0. The Morgan fingerprint density at radius 1 is 1.29 bits per heavy atom. The molecule has 0 aliphatic carbocycles. The molecule has 0 spiro atoms. The van der Waals surface area contributed by atoms with E-state index in [0.29, 0.717) is 24.4 Å². The molecule has 0 saturated carbocycles. The lowest BCUT2D eigenvalue weighted by Crippen LogP contribution is -2.29. The number of hydrogen-bond donors (Lipinski definition) is 0. The van der Waals surface area contributed by atoms with E-state index in [4.69, 9.17) is 13.0 Å². The van der Waals surface area contributed by atoms with Gasteiger partial charge in [0.05, 0.1) is 12.8 Å².